The highest BCUT2D eigenvalue weighted by atomic mass is 16.5. The number of hydrogen-bond acceptors (Lipinski definition) is 6. The Balaban J connectivity index is 2.05. The fourth-order valence-electron chi connectivity index (χ4n) is 3.66. The van der Waals surface area contributed by atoms with Gasteiger partial charge in [-0.25, -0.2) is 0 Å². The topological polar surface area (TPSA) is 77.5 Å². The van der Waals surface area contributed by atoms with Gasteiger partial charge in [0.05, 0.1) is 40.2 Å². The molecule has 0 radical (unpaired) electrons. The Kier molecular flexibility index (Phi) is 5.65. The van der Waals surface area contributed by atoms with Gasteiger partial charge in [-0.3, -0.25) is 9.69 Å². The van der Waals surface area contributed by atoms with Crippen LogP contribution in [0.3, 0.4) is 0 Å². The van der Waals surface area contributed by atoms with Crippen molar-refractivity contribution in [2.24, 2.45) is 0 Å². The van der Waals surface area contributed by atoms with Gasteiger partial charge in [0, 0.05) is 24.1 Å². The number of amides is 1. The van der Waals surface area contributed by atoms with Gasteiger partial charge in [0.2, 0.25) is 5.75 Å². The van der Waals surface area contributed by atoms with Crippen molar-refractivity contribution >= 4 is 11.6 Å². The number of allylic oxidation sites excluding steroid dienone is 3. The van der Waals surface area contributed by atoms with E-state index in [9.17, 15) is 9.90 Å². The van der Waals surface area contributed by atoms with Gasteiger partial charge in [0.1, 0.15) is 11.9 Å². The van der Waals surface area contributed by atoms with Gasteiger partial charge in [0.15, 0.2) is 11.5 Å². The van der Waals surface area contributed by atoms with Crippen LogP contribution in [0.4, 0.5) is 5.69 Å². The number of aliphatic hydroxyl groups excluding tert-OH is 1. The summed E-state index contributed by atoms with van der Waals surface area (Å²) in [4.78, 5) is 14.5. The zero-order valence-electron chi connectivity index (χ0n) is 16.7. The number of ether oxygens (including phenoxy) is 4. The summed E-state index contributed by atoms with van der Waals surface area (Å²) in [6, 6.07) is 3.22. The average molecular weight is 387 g/mol. The Morgan fingerprint density at radius 2 is 1.68 bits per heavy atom. The van der Waals surface area contributed by atoms with E-state index in [1.54, 1.807) is 23.1 Å². The molecule has 150 valence electrons. The fourth-order valence-corrected chi connectivity index (χ4v) is 3.66. The molecule has 3 rings (SSSR count). The van der Waals surface area contributed by atoms with Crippen LogP contribution < -0.4 is 19.1 Å². The minimum atomic E-state index is -0.736. The van der Waals surface area contributed by atoms with Crippen LogP contribution in [-0.4, -0.2) is 51.6 Å². The molecule has 0 aromatic heterocycles. The first kappa shape index (κ1) is 19.8. The molecular weight excluding hydrogens is 362 g/mol. The van der Waals surface area contributed by atoms with Crippen molar-refractivity contribution in [3.8, 4) is 17.2 Å². The lowest BCUT2D eigenvalue weighted by atomic mass is 9.82. The maximum atomic E-state index is 12.8. The molecule has 1 unspecified atom stereocenters. The summed E-state index contributed by atoms with van der Waals surface area (Å²) >= 11 is 0. The summed E-state index contributed by atoms with van der Waals surface area (Å²) in [5.41, 5.74) is 2.24. The Labute approximate surface area is 164 Å². The standard InChI is InChI=1S/C21H25NO6/c1-6-14-19(12-7-8-16(25-2)15(23)9-12)22(21(14)24)13-10-17(26-3)20(28-5)18(11-13)27-4/h6-8,10-11,15,19,23H,9H2,1-5H3/b14-6+/t15?,19-/m0/s1. The van der Waals surface area contributed by atoms with Crippen LogP contribution in [0.25, 0.3) is 0 Å². The molecule has 1 saturated heterocycles. The van der Waals surface area contributed by atoms with Crippen LogP contribution in [0.15, 0.2) is 47.3 Å². The highest BCUT2D eigenvalue weighted by Crippen LogP contribution is 2.46. The third-order valence-corrected chi connectivity index (χ3v) is 5.06. The Bertz CT molecular complexity index is 845. The normalized spacial score (nSPS) is 23.0. The first-order valence-corrected chi connectivity index (χ1v) is 8.93. The van der Waals surface area contributed by atoms with Crippen LogP contribution in [-0.2, 0) is 9.53 Å². The number of anilines is 1. The number of carbonyl (C=O) groups excluding carboxylic acids is 1. The van der Waals surface area contributed by atoms with E-state index < -0.39 is 6.10 Å². The van der Waals surface area contributed by atoms with Crippen molar-refractivity contribution in [1.29, 1.82) is 0 Å². The highest BCUT2D eigenvalue weighted by Gasteiger charge is 2.45. The Morgan fingerprint density at radius 1 is 1.04 bits per heavy atom. The number of hydrogen-bond donors (Lipinski definition) is 1. The SMILES string of the molecule is C/C=C1/C(=O)N(c2cc(OC)c(OC)c(OC)c2)[C@H]1C1=CC=C(OC)C(O)C1. The van der Waals surface area contributed by atoms with Crippen molar-refractivity contribution in [2.45, 2.75) is 25.5 Å². The number of carbonyl (C=O) groups is 1. The average Bonchev–Trinajstić information content (AvgIpc) is 2.71. The van der Waals surface area contributed by atoms with E-state index in [2.05, 4.69) is 0 Å². The summed E-state index contributed by atoms with van der Waals surface area (Å²) in [7, 11) is 6.12. The van der Waals surface area contributed by atoms with Crippen LogP contribution in [0.5, 0.6) is 17.2 Å². The first-order valence-electron chi connectivity index (χ1n) is 8.93. The maximum Gasteiger partial charge on any atom is 0.257 e. The molecule has 2 atom stereocenters. The van der Waals surface area contributed by atoms with Crippen molar-refractivity contribution < 1.29 is 28.8 Å². The molecule has 1 aliphatic carbocycles. The first-order chi connectivity index (χ1) is 13.5. The molecule has 1 N–H and O–H groups in total. The number of nitrogens with zero attached hydrogens (tertiary/aromatic N) is 1. The molecule has 2 aliphatic rings. The molecule has 1 heterocycles. The summed E-state index contributed by atoms with van der Waals surface area (Å²) in [5.74, 6) is 1.81. The summed E-state index contributed by atoms with van der Waals surface area (Å²) < 4.78 is 21.4. The zero-order chi connectivity index (χ0) is 20.4. The molecule has 1 fully saturated rings. The molecular formula is C21H25NO6. The van der Waals surface area contributed by atoms with Gasteiger partial charge >= 0.3 is 0 Å². The number of methoxy groups -OCH3 is 4. The van der Waals surface area contributed by atoms with Crippen LogP contribution in [0.1, 0.15) is 13.3 Å². The van der Waals surface area contributed by atoms with Gasteiger partial charge in [-0.1, -0.05) is 12.2 Å². The number of rotatable bonds is 6. The lowest BCUT2D eigenvalue weighted by molar-refractivity contribution is -0.118. The minimum absolute atomic E-state index is 0.0984. The molecule has 0 bridgehead atoms. The van der Waals surface area contributed by atoms with Crippen molar-refractivity contribution in [2.75, 3.05) is 33.3 Å². The molecule has 1 aromatic carbocycles. The molecule has 28 heavy (non-hydrogen) atoms. The van der Waals surface area contributed by atoms with E-state index in [0.29, 0.717) is 40.7 Å². The lowest BCUT2D eigenvalue weighted by Gasteiger charge is -2.45. The van der Waals surface area contributed by atoms with Crippen LogP contribution in [0, 0.1) is 0 Å². The quantitative estimate of drug-likeness (QED) is 0.597. The van der Waals surface area contributed by atoms with E-state index in [4.69, 9.17) is 18.9 Å². The van der Waals surface area contributed by atoms with Crippen molar-refractivity contribution in [1.82, 2.24) is 0 Å². The van der Waals surface area contributed by atoms with Gasteiger partial charge in [-0.15, -0.1) is 0 Å². The molecule has 7 nitrogen and oxygen atoms in total. The maximum absolute atomic E-state index is 12.8. The summed E-state index contributed by atoms with van der Waals surface area (Å²) in [6.45, 7) is 1.84. The molecule has 1 amide bonds. The van der Waals surface area contributed by atoms with E-state index in [0.717, 1.165) is 5.57 Å². The van der Waals surface area contributed by atoms with E-state index in [1.165, 1.54) is 28.4 Å². The second kappa shape index (κ2) is 7.98. The lowest BCUT2D eigenvalue weighted by Crippen LogP contribution is -2.57. The minimum Gasteiger partial charge on any atom is -0.498 e. The van der Waals surface area contributed by atoms with E-state index >= 15 is 0 Å². The second-order valence-corrected chi connectivity index (χ2v) is 6.44. The summed E-state index contributed by atoms with van der Waals surface area (Å²) in [6.07, 6.45) is 5.10. The Hall–Kier alpha value is -2.93. The molecule has 0 saturated carbocycles. The Morgan fingerprint density at radius 3 is 2.14 bits per heavy atom. The smallest absolute Gasteiger partial charge is 0.257 e. The van der Waals surface area contributed by atoms with E-state index in [-0.39, 0.29) is 11.9 Å². The van der Waals surface area contributed by atoms with Crippen LogP contribution in [0.2, 0.25) is 0 Å². The van der Waals surface area contributed by atoms with Gasteiger partial charge < -0.3 is 24.1 Å². The highest BCUT2D eigenvalue weighted by molar-refractivity contribution is 6.16. The van der Waals surface area contributed by atoms with Gasteiger partial charge in [0.25, 0.3) is 5.91 Å². The van der Waals surface area contributed by atoms with Crippen molar-refractivity contribution in [3.63, 3.8) is 0 Å². The second-order valence-electron chi connectivity index (χ2n) is 6.44. The monoisotopic (exact) mass is 387 g/mol. The van der Waals surface area contributed by atoms with Gasteiger partial charge in [-0.2, -0.15) is 0 Å². The predicted molar refractivity (Wildman–Crippen MR) is 105 cm³/mol. The number of aliphatic hydroxyl groups is 1. The molecule has 1 aliphatic heterocycles. The third-order valence-electron chi connectivity index (χ3n) is 5.06. The van der Waals surface area contributed by atoms with E-state index in [1.807, 2.05) is 19.1 Å². The third kappa shape index (κ3) is 3.11. The van der Waals surface area contributed by atoms with Crippen LogP contribution >= 0.6 is 0 Å². The van der Waals surface area contributed by atoms with Gasteiger partial charge in [-0.05, 0) is 18.6 Å². The molecule has 1 aromatic rings. The molecule has 0 spiro atoms. The molecule has 7 heteroatoms. The number of benzene rings is 1. The number of β-lactam (4-membered cyclic amide) rings is 1. The summed E-state index contributed by atoms with van der Waals surface area (Å²) in [5, 5.41) is 10.3. The van der Waals surface area contributed by atoms with Crippen molar-refractivity contribution in [3.05, 3.63) is 47.3 Å². The predicted octanol–water partition coefficient (Wildman–Crippen LogP) is 2.60. The fraction of sp³-hybridized carbons (Fsp3) is 0.381. The zero-order valence-corrected chi connectivity index (χ0v) is 16.7. The largest absolute Gasteiger partial charge is 0.498 e.